The highest BCUT2D eigenvalue weighted by Gasteiger charge is 2.51. The molecule has 1 aliphatic carbocycles. The Bertz CT molecular complexity index is 1140. The molecule has 0 aliphatic heterocycles. The van der Waals surface area contributed by atoms with Gasteiger partial charge in [0, 0.05) is 22.2 Å². The van der Waals surface area contributed by atoms with Crippen LogP contribution in [-0.4, -0.2) is 18.1 Å². The lowest BCUT2D eigenvalue weighted by Gasteiger charge is -2.16. The monoisotopic (exact) mass is 354 g/mol. The molecule has 3 nitrogen and oxygen atoms in total. The van der Waals surface area contributed by atoms with E-state index in [1.54, 1.807) is 7.11 Å². The number of fused-ring (bicyclic) bond motifs is 3. The number of anilines is 1. The van der Waals surface area contributed by atoms with Crippen molar-refractivity contribution in [3.63, 3.8) is 0 Å². The highest BCUT2D eigenvalue weighted by molar-refractivity contribution is 6.10. The van der Waals surface area contributed by atoms with E-state index in [2.05, 4.69) is 66.8 Å². The van der Waals surface area contributed by atoms with Gasteiger partial charge in [-0.15, -0.1) is 0 Å². The first kappa shape index (κ1) is 16.1. The molecule has 0 spiro atoms. The Balaban J connectivity index is 1.51. The van der Waals surface area contributed by atoms with Crippen molar-refractivity contribution in [1.82, 2.24) is 4.98 Å². The molecule has 4 aromatic rings. The number of para-hydroxylation sites is 1. The molecule has 1 fully saturated rings. The molecule has 1 aromatic heterocycles. The van der Waals surface area contributed by atoms with E-state index in [1.165, 1.54) is 21.7 Å². The van der Waals surface area contributed by atoms with Crippen LogP contribution in [0.15, 0.2) is 72.8 Å². The lowest BCUT2D eigenvalue weighted by molar-refractivity contribution is 0.414. The predicted octanol–water partition coefficient (Wildman–Crippen LogP) is 5.54. The largest absolute Gasteiger partial charge is 0.497 e. The number of aromatic nitrogens is 1. The second-order valence-corrected chi connectivity index (χ2v) is 7.57. The molecule has 1 N–H and O–H groups in total. The van der Waals surface area contributed by atoms with Crippen LogP contribution in [0.5, 0.6) is 5.75 Å². The fraction of sp³-hybridized carbons (Fsp3) is 0.208. The van der Waals surface area contributed by atoms with Crippen molar-refractivity contribution in [1.29, 1.82) is 0 Å². The molecule has 5 rings (SSSR count). The Hall–Kier alpha value is -3.07. The zero-order valence-electron chi connectivity index (χ0n) is 15.6. The van der Waals surface area contributed by atoms with Gasteiger partial charge >= 0.3 is 0 Å². The summed E-state index contributed by atoms with van der Waals surface area (Å²) in [6.07, 6.45) is 1.10. The van der Waals surface area contributed by atoms with Crippen LogP contribution >= 0.6 is 0 Å². The average molecular weight is 354 g/mol. The lowest BCUT2D eigenvalue weighted by atomic mass is 9.97. The summed E-state index contributed by atoms with van der Waals surface area (Å²) in [7, 11) is 1.70. The van der Waals surface area contributed by atoms with E-state index in [4.69, 9.17) is 9.72 Å². The summed E-state index contributed by atoms with van der Waals surface area (Å²) in [6.45, 7) is 2.32. The van der Waals surface area contributed by atoms with Crippen LogP contribution in [0.1, 0.15) is 18.9 Å². The predicted molar refractivity (Wildman–Crippen MR) is 112 cm³/mol. The lowest BCUT2D eigenvalue weighted by Crippen LogP contribution is -2.15. The van der Waals surface area contributed by atoms with Gasteiger partial charge in [0.2, 0.25) is 0 Å². The normalized spacial score (nSPS) is 21.3. The van der Waals surface area contributed by atoms with Gasteiger partial charge in [-0.05, 0) is 35.6 Å². The molecular formula is C24H22N2O. The third-order valence-electron chi connectivity index (χ3n) is 5.91. The quantitative estimate of drug-likeness (QED) is 0.489. The van der Waals surface area contributed by atoms with Crippen molar-refractivity contribution in [2.24, 2.45) is 0 Å². The van der Waals surface area contributed by atoms with E-state index in [-0.39, 0.29) is 5.41 Å². The van der Waals surface area contributed by atoms with E-state index >= 15 is 0 Å². The van der Waals surface area contributed by atoms with Crippen LogP contribution in [0.25, 0.3) is 21.7 Å². The minimum Gasteiger partial charge on any atom is -0.497 e. The second-order valence-electron chi connectivity index (χ2n) is 7.57. The molecule has 3 aromatic carbocycles. The molecule has 1 aliphatic rings. The highest BCUT2D eigenvalue weighted by atomic mass is 16.5. The van der Waals surface area contributed by atoms with E-state index in [9.17, 15) is 0 Å². The Morgan fingerprint density at radius 3 is 2.30 bits per heavy atom. The first-order chi connectivity index (χ1) is 13.2. The zero-order valence-corrected chi connectivity index (χ0v) is 15.6. The Morgan fingerprint density at radius 2 is 1.56 bits per heavy atom. The van der Waals surface area contributed by atoms with Crippen molar-refractivity contribution >= 4 is 27.5 Å². The fourth-order valence-corrected chi connectivity index (χ4v) is 4.05. The van der Waals surface area contributed by atoms with E-state index in [0.29, 0.717) is 6.04 Å². The number of hydrogen-bond donors (Lipinski definition) is 1. The van der Waals surface area contributed by atoms with Crippen molar-refractivity contribution in [2.75, 3.05) is 12.4 Å². The number of rotatable bonds is 4. The smallest absolute Gasteiger partial charge is 0.134 e. The van der Waals surface area contributed by atoms with E-state index in [0.717, 1.165) is 23.5 Å². The first-order valence-electron chi connectivity index (χ1n) is 9.37. The number of ether oxygens (including phenoxy) is 1. The second kappa shape index (κ2) is 5.98. The molecule has 0 saturated heterocycles. The number of nitrogens with one attached hydrogen (secondary N) is 1. The van der Waals surface area contributed by atoms with Gasteiger partial charge in [0.05, 0.1) is 12.6 Å². The summed E-state index contributed by atoms with van der Waals surface area (Å²) in [4.78, 5) is 4.94. The molecular weight excluding hydrogens is 332 g/mol. The van der Waals surface area contributed by atoms with E-state index < -0.39 is 0 Å². The van der Waals surface area contributed by atoms with Crippen LogP contribution in [-0.2, 0) is 5.41 Å². The maximum atomic E-state index is 5.29. The maximum Gasteiger partial charge on any atom is 0.134 e. The highest BCUT2D eigenvalue weighted by Crippen LogP contribution is 2.50. The van der Waals surface area contributed by atoms with Gasteiger partial charge in [-0.1, -0.05) is 61.5 Å². The van der Waals surface area contributed by atoms with E-state index in [1.807, 2.05) is 18.2 Å². The minimum absolute atomic E-state index is 0.126. The number of methoxy groups -OCH3 is 1. The molecule has 27 heavy (non-hydrogen) atoms. The Labute approximate surface area is 159 Å². The number of pyridine rings is 1. The summed E-state index contributed by atoms with van der Waals surface area (Å²) in [6, 6.07) is 25.7. The van der Waals surface area contributed by atoms with Gasteiger partial charge in [0.15, 0.2) is 0 Å². The van der Waals surface area contributed by atoms with Crippen LogP contribution in [0.4, 0.5) is 5.82 Å². The zero-order chi connectivity index (χ0) is 18.4. The molecule has 1 heterocycles. The summed E-state index contributed by atoms with van der Waals surface area (Å²) >= 11 is 0. The third-order valence-corrected chi connectivity index (χ3v) is 5.91. The van der Waals surface area contributed by atoms with Crippen LogP contribution in [0.2, 0.25) is 0 Å². The van der Waals surface area contributed by atoms with Gasteiger partial charge in [-0.2, -0.15) is 0 Å². The van der Waals surface area contributed by atoms with Crippen molar-refractivity contribution in [2.45, 2.75) is 24.8 Å². The van der Waals surface area contributed by atoms with Crippen LogP contribution in [0, 0.1) is 0 Å². The summed E-state index contributed by atoms with van der Waals surface area (Å²) in [5, 5.41) is 7.36. The standard InChI is InChI=1S/C24H22N2O/c1-24(16-11-13-17(27-2)14-12-16)15-22(24)26-23-20-9-4-3-7-18(20)19-8-5-6-10-21(19)25-23/h3-14,22H,15H2,1-2H3,(H,25,26)/t22?,24-/m0/s1. The minimum atomic E-state index is 0.126. The van der Waals surface area contributed by atoms with Gasteiger partial charge in [-0.3, -0.25) is 0 Å². The Morgan fingerprint density at radius 1 is 0.889 bits per heavy atom. The topological polar surface area (TPSA) is 34.1 Å². The van der Waals surface area contributed by atoms with Crippen molar-refractivity contribution in [3.05, 3.63) is 78.4 Å². The maximum absolute atomic E-state index is 5.29. The molecule has 2 atom stereocenters. The molecule has 1 saturated carbocycles. The SMILES string of the molecule is COc1ccc([C@]2(C)CC2Nc2nc3ccccc3c3ccccc23)cc1. The fourth-order valence-electron chi connectivity index (χ4n) is 4.05. The van der Waals surface area contributed by atoms with Gasteiger partial charge in [0.25, 0.3) is 0 Å². The number of nitrogens with zero attached hydrogens (tertiary/aromatic N) is 1. The van der Waals surface area contributed by atoms with Crippen LogP contribution in [0.3, 0.4) is 0 Å². The molecule has 134 valence electrons. The summed E-state index contributed by atoms with van der Waals surface area (Å²) < 4.78 is 5.29. The molecule has 3 heteroatoms. The average Bonchev–Trinajstić information content (AvgIpc) is 3.39. The number of hydrogen-bond acceptors (Lipinski definition) is 3. The van der Waals surface area contributed by atoms with Crippen LogP contribution < -0.4 is 10.1 Å². The first-order valence-corrected chi connectivity index (χ1v) is 9.37. The molecule has 0 radical (unpaired) electrons. The van der Waals surface area contributed by atoms with Crippen molar-refractivity contribution < 1.29 is 4.74 Å². The molecule has 0 bridgehead atoms. The van der Waals surface area contributed by atoms with Gasteiger partial charge in [-0.25, -0.2) is 4.98 Å². The third kappa shape index (κ3) is 2.62. The van der Waals surface area contributed by atoms with Gasteiger partial charge < -0.3 is 10.1 Å². The summed E-state index contributed by atoms with van der Waals surface area (Å²) in [5.41, 5.74) is 2.50. The Kier molecular flexibility index (Phi) is 3.57. The van der Waals surface area contributed by atoms with Crippen molar-refractivity contribution in [3.8, 4) is 5.75 Å². The number of benzene rings is 3. The molecule has 1 unspecified atom stereocenters. The summed E-state index contributed by atoms with van der Waals surface area (Å²) in [5.74, 6) is 1.88. The van der Waals surface area contributed by atoms with Gasteiger partial charge in [0.1, 0.15) is 11.6 Å². The molecule has 0 amide bonds.